The Balaban J connectivity index is 1.76. The lowest BCUT2D eigenvalue weighted by atomic mass is 9.91. The van der Waals surface area contributed by atoms with Crippen molar-refractivity contribution >= 4 is 5.91 Å². The summed E-state index contributed by atoms with van der Waals surface area (Å²) in [5.41, 5.74) is 7.04. The van der Waals surface area contributed by atoms with Gasteiger partial charge in [0.15, 0.2) is 5.82 Å². The van der Waals surface area contributed by atoms with E-state index in [1.165, 1.54) is 11.1 Å². The van der Waals surface area contributed by atoms with Gasteiger partial charge in [-0.15, -0.1) is 5.10 Å². The zero-order chi connectivity index (χ0) is 20.6. The van der Waals surface area contributed by atoms with Crippen LogP contribution in [0.15, 0.2) is 48.5 Å². The van der Waals surface area contributed by atoms with Crippen molar-refractivity contribution in [2.45, 2.75) is 45.7 Å². The standard InChI is InChI=1S/C22H26N6O/c1-15-10-11-18-17(14-15)12-13-27(24-21(29)16-8-6-5-7-9-16)19(18)20-23-25-26-28(20)22(2,3)4/h5-11,14,19H,12-13H2,1-4H3,(H,24,29). The van der Waals surface area contributed by atoms with Gasteiger partial charge in [-0.05, 0) is 67.8 Å². The monoisotopic (exact) mass is 390 g/mol. The molecule has 0 bridgehead atoms. The third-order valence-electron chi connectivity index (χ3n) is 5.18. The van der Waals surface area contributed by atoms with E-state index in [0.29, 0.717) is 12.1 Å². The zero-order valence-electron chi connectivity index (χ0n) is 17.3. The molecule has 0 aliphatic carbocycles. The molecule has 1 aliphatic heterocycles. The second-order valence-electron chi connectivity index (χ2n) is 8.47. The molecule has 150 valence electrons. The number of carbonyl (C=O) groups excluding carboxylic acids is 1. The normalized spacial score (nSPS) is 17.0. The minimum absolute atomic E-state index is 0.138. The molecule has 0 saturated carbocycles. The van der Waals surface area contributed by atoms with Gasteiger partial charge in [0.25, 0.3) is 5.91 Å². The largest absolute Gasteiger partial charge is 0.284 e. The number of amides is 1. The summed E-state index contributed by atoms with van der Waals surface area (Å²) in [4.78, 5) is 12.9. The molecule has 1 atom stereocenters. The number of hydrazine groups is 1. The molecule has 0 saturated heterocycles. The SMILES string of the molecule is Cc1ccc2c(c1)CCN(NC(=O)c1ccccc1)C2c1nnnn1C(C)(C)C. The van der Waals surface area contributed by atoms with Gasteiger partial charge in [0.2, 0.25) is 0 Å². The fourth-order valence-corrected chi connectivity index (χ4v) is 3.78. The third kappa shape index (κ3) is 3.78. The molecule has 1 unspecified atom stereocenters. The lowest BCUT2D eigenvalue weighted by Crippen LogP contribution is -2.49. The molecule has 2 heterocycles. The van der Waals surface area contributed by atoms with Crippen molar-refractivity contribution < 1.29 is 4.79 Å². The Kier molecular flexibility index (Phi) is 4.92. The van der Waals surface area contributed by atoms with Gasteiger partial charge in [0.05, 0.1) is 5.54 Å². The molecule has 0 fully saturated rings. The van der Waals surface area contributed by atoms with E-state index in [9.17, 15) is 4.79 Å². The van der Waals surface area contributed by atoms with Gasteiger partial charge in [-0.1, -0.05) is 42.0 Å². The molecule has 0 radical (unpaired) electrons. The molecule has 1 aliphatic rings. The Morgan fingerprint density at radius 1 is 1.14 bits per heavy atom. The number of hydrogen-bond donors (Lipinski definition) is 1. The van der Waals surface area contributed by atoms with E-state index in [1.54, 1.807) is 0 Å². The molecule has 1 N–H and O–H groups in total. The van der Waals surface area contributed by atoms with Crippen molar-refractivity contribution in [2.24, 2.45) is 0 Å². The summed E-state index contributed by atoms with van der Waals surface area (Å²) in [6.45, 7) is 8.98. The predicted molar refractivity (Wildman–Crippen MR) is 110 cm³/mol. The minimum atomic E-state index is -0.281. The van der Waals surface area contributed by atoms with E-state index in [1.807, 2.05) is 40.0 Å². The van der Waals surface area contributed by atoms with Crippen LogP contribution in [-0.2, 0) is 12.0 Å². The van der Waals surface area contributed by atoms with Crippen LogP contribution in [0.2, 0.25) is 0 Å². The Labute approximate surface area is 170 Å². The van der Waals surface area contributed by atoms with Crippen LogP contribution < -0.4 is 5.43 Å². The fraction of sp³-hybridized carbons (Fsp3) is 0.364. The van der Waals surface area contributed by atoms with Gasteiger partial charge >= 0.3 is 0 Å². The molecule has 7 heteroatoms. The second kappa shape index (κ2) is 7.40. The van der Waals surface area contributed by atoms with Crippen molar-refractivity contribution in [3.05, 3.63) is 76.6 Å². The zero-order valence-corrected chi connectivity index (χ0v) is 17.3. The van der Waals surface area contributed by atoms with Gasteiger partial charge in [-0.3, -0.25) is 10.2 Å². The summed E-state index contributed by atoms with van der Waals surface area (Å²) < 4.78 is 1.84. The highest BCUT2D eigenvalue weighted by atomic mass is 16.2. The first kappa shape index (κ1) is 19.3. The average Bonchev–Trinajstić information content (AvgIpc) is 3.18. The number of hydrogen-bond acceptors (Lipinski definition) is 5. The number of nitrogens with zero attached hydrogens (tertiary/aromatic N) is 5. The molecule has 4 rings (SSSR count). The van der Waals surface area contributed by atoms with Crippen LogP contribution in [0.4, 0.5) is 0 Å². The number of tetrazole rings is 1. The highest BCUT2D eigenvalue weighted by Gasteiger charge is 2.36. The first-order valence-corrected chi connectivity index (χ1v) is 9.85. The molecule has 29 heavy (non-hydrogen) atoms. The Hall–Kier alpha value is -3.06. The third-order valence-corrected chi connectivity index (χ3v) is 5.18. The number of rotatable bonds is 3. The van der Waals surface area contributed by atoms with Crippen molar-refractivity contribution in [3.8, 4) is 0 Å². The number of aromatic nitrogens is 4. The number of aryl methyl sites for hydroxylation is 1. The maximum Gasteiger partial charge on any atom is 0.265 e. The van der Waals surface area contributed by atoms with Crippen LogP contribution in [0.5, 0.6) is 0 Å². The van der Waals surface area contributed by atoms with Crippen molar-refractivity contribution in [1.82, 2.24) is 30.6 Å². The summed E-state index contributed by atoms with van der Waals surface area (Å²) >= 11 is 0. The highest BCUT2D eigenvalue weighted by molar-refractivity contribution is 5.93. The maximum absolute atomic E-state index is 12.9. The van der Waals surface area contributed by atoms with Crippen LogP contribution >= 0.6 is 0 Å². The van der Waals surface area contributed by atoms with Gasteiger partial charge < -0.3 is 0 Å². The molecule has 1 aromatic heterocycles. The lowest BCUT2D eigenvalue weighted by Gasteiger charge is -2.37. The Morgan fingerprint density at radius 2 is 1.90 bits per heavy atom. The van der Waals surface area contributed by atoms with E-state index in [2.05, 4.69) is 66.8 Å². The lowest BCUT2D eigenvalue weighted by molar-refractivity contribution is 0.0687. The van der Waals surface area contributed by atoms with Crippen LogP contribution in [0.1, 0.15) is 59.7 Å². The van der Waals surface area contributed by atoms with Crippen molar-refractivity contribution in [2.75, 3.05) is 6.54 Å². The summed E-state index contributed by atoms with van der Waals surface area (Å²) in [6.07, 6.45) is 0.847. The maximum atomic E-state index is 12.9. The molecule has 3 aromatic rings. The average molecular weight is 390 g/mol. The van der Waals surface area contributed by atoms with Crippen LogP contribution in [-0.4, -0.2) is 37.7 Å². The van der Waals surface area contributed by atoms with Crippen molar-refractivity contribution in [1.29, 1.82) is 0 Å². The van der Waals surface area contributed by atoms with Gasteiger partial charge in [0, 0.05) is 12.1 Å². The topological polar surface area (TPSA) is 75.9 Å². The molecule has 7 nitrogen and oxygen atoms in total. The van der Waals surface area contributed by atoms with E-state index in [4.69, 9.17) is 0 Å². The van der Waals surface area contributed by atoms with Crippen LogP contribution in [0, 0.1) is 6.92 Å². The summed E-state index contributed by atoms with van der Waals surface area (Å²) in [5, 5.41) is 14.5. The second-order valence-corrected chi connectivity index (χ2v) is 8.47. The fourth-order valence-electron chi connectivity index (χ4n) is 3.78. The summed E-state index contributed by atoms with van der Waals surface area (Å²) in [5.74, 6) is 0.580. The minimum Gasteiger partial charge on any atom is -0.284 e. The summed E-state index contributed by atoms with van der Waals surface area (Å²) in [7, 11) is 0. The van der Waals surface area contributed by atoms with E-state index in [0.717, 1.165) is 17.8 Å². The van der Waals surface area contributed by atoms with E-state index < -0.39 is 0 Å². The van der Waals surface area contributed by atoms with Crippen LogP contribution in [0.3, 0.4) is 0 Å². The van der Waals surface area contributed by atoms with Crippen molar-refractivity contribution in [3.63, 3.8) is 0 Å². The molecular weight excluding hydrogens is 364 g/mol. The first-order valence-electron chi connectivity index (χ1n) is 9.85. The smallest absolute Gasteiger partial charge is 0.265 e. The van der Waals surface area contributed by atoms with E-state index >= 15 is 0 Å². The summed E-state index contributed by atoms with van der Waals surface area (Å²) in [6, 6.07) is 15.4. The quantitative estimate of drug-likeness (QED) is 0.744. The van der Waals surface area contributed by atoms with Gasteiger partial charge in [-0.2, -0.15) is 0 Å². The highest BCUT2D eigenvalue weighted by Crippen LogP contribution is 2.34. The van der Waals surface area contributed by atoms with Gasteiger partial charge in [-0.25, -0.2) is 9.69 Å². The molecule has 0 spiro atoms. The Bertz CT molecular complexity index is 1020. The Morgan fingerprint density at radius 3 is 2.62 bits per heavy atom. The molecular formula is C22H26N6O. The predicted octanol–water partition coefficient (Wildman–Crippen LogP) is 3.03. The molecule has 2 aromatic carbocycles. The van der Waals surface area contributed by atoms with Crippen LogP contribution in [0.25, 0.3) is 0 Å². The number of benzene rings is 2. The number of carbonyl (C=O) groups is 1. The first-order chi connectivity index (χ1) is 13.8. The van der Waals surface area contributed by atoms with Gasteiger partial charge in [0.1, 0.15) is 6.04 Å². The van der Waals surface area contributed by atoms with E-state index in [-0.39, 0.29) is 17.5 Å². The number of nitrogens with one attached hydrogen (secondary N) is 1. The number of fused-ring (bicyclic) bond motifs is 1. The molecule has 1 amide bonds.